The second-order valence-electron chi connectivity index (χ2n) is 6.38. The number of nitrogens with one attached hydrogen (secondary N) is 2. The number of ether oxygens (including phenoxy) is 1. The highest BCUT2D eigenvalue weighted by atomic mass is 16.5. The molecule has 0 fully saturated rings. The summed E-state index contributed by atoms with van der Waals surface area (Å²) in [6.45, 7) is 4.03. The van der Waals surface area contributed by atoms with Gasteiger partial charge in [-0.1, -0.05) is 43.3 Å². The van der Waals surface area contributed by atoms with Crippen LogP contribution < -0.4 is 16.4 Å². The van der Waals surface area contributed by atoms with Crippen LogP contribution in [0.2, 0.25) is 0 Å². The van der Waals surface area contributed by atoms with Gasteiger partial charge < -0.3 is 21.1 Å². The average molecular weight is 383 g/mol. The molecule has 0 saturated heterocycles. The molecule has 3 amide bonds. The number of carbonyl (C=O) groups excluding carboxylic acids is 3. The minimum absolute atomic E-state index is 0.185. The number of amides is 3. The van der Waals surface area contributed by atoms with E-state index in [2.05, 4.69) is 17.6 Å². The van der Waals surface area contributed by atoms with Crippen molar-refractivity contribution in [2.45, 2.75) is 32.3 Å². The molecule has 0 aromatic heterocycles. The fourth-order valence-electron chi connectivity index (χ4n) is 2.74. The van der Waals surface area contributed by atoms with Crippen LogP contribution >= 0.6 is 0 Å². The number of anilines is 1. The maximum atomic E-state index is 12.3. The summed E-state index contributed by atoms with van der Waals surface area (Å²) in [4.78, 5) is 35.5. The number of nitrogens with two attached hydrogens (primary N) is 1. The Kier molecular flexibility index (Phi) is 7.56. The summed E-state index contributed by atoms with van der Waals surface area (Å²) in [5.41, 5.74) is 6.79. The summed E-state index contributed by atoms with van der Waals surface area (Å²) in [6, 6.07) is 15.3. The molecule has 0 radical (unpaired) electrons. The molecule has 0 unspecified atom stereocenters. The molecule has 28 heavy (non-hydrogen) atoms. The Morgan fingerprint density at radius 2 is 1.79 bits per heavy atom. The van der Waals surface area contributed by atoms with Crippen LogP contribution in [0.4, 0.5) is 10.5 Å². The molecular formula is C21H25N3O4. The first kappa shape index (κ1) is 21.0. The predicted molar refractivity (Wildman–Crippen MR) is 107 cm³/mol. The molecule has 0 aliphatic carbocycles. The van der Waals surface area contributed by atoms with E-state index in [4.69, 9.17) is 10.5 Å². The lowest BCUT2D eigenvalue weighted by molar-refractivity contribution is -0.129. The summed E-state index contributed by atoms with van der Waals surface area (Å²) in [5, 5.41) is 5.22. The van der Waals surface area contributed by atoms with E-state index < -0.39 is 18.1 Å². The fourth-order valence-corrected chi connectivity index (χ4v) is 2.74. The molecule has 0 aliphatic heterocycles. The number of carbonyl (C=O) groups is 3. The number of rotatable bonds is 8. The third-order valence-electron chi connectivity index (χ3n) is 4.31. The molecule has 7 nitrogen and oxygen atoms in total. The van der Waals surface area contributed by atoms with E-state index in [1.165, 1.54) is 19.1 Å². The van der Waals surface area contributed by atoms with E-state index in [9.17, 15) is 14.4 Å². The molecular weight excluding hydrogens is 358 g/mol. The first-order chi connectivity index (χ1) is 13.4. The summed E-state index contributed by atoms with van der Waals surface area (Å²) < 4.78 is 5.23. The van der Waals surface area contributed by atoms with Gasteiger partial charge in [0.25, 0.3) is 5.91 Å². The van der Waals surface area contributed by atoms with Gasteiger partial charge in [-0.25, -0.2) is 9.59 Å². The second kappa shape index (κ2) is 10.1. The SMILES string of the molecule is CC[C@H](CNC(=O)[C@H](C)OC(=O)c1cccc(NC(N)=O)c1)c1ccccc1. The van der Waals surface area contributed by atoms with Crippen LogP contribution in [-0.2, 0) is 9.53 Å². The normalized spacial score (nSPS) is 12.5. The van der Waals surface area contributed by atoms with Crippen LogP contribution in [0.25, 0.3) is 0 Å². The van der Waals surface area contributed by atoms with Crippen LogP contribution in [0.1, 0.15) is 42.1 Å². The second-order valence-corrected chi connectivity index (χ2v) is 6.38. The number of benzene rings is 2. The number of hydrogen-bond acceptors (Lipinski definition) is 4. The number of esters is 1. The van der Waals surface area contributed by atoms with Gasteiger partial charge in [0.15, 0.2) is 6.10 Å². The van der Waals surface area contributed by atoms with E-state index in [1.807, 2.05) is 30.3 Å². The Bertz CT molecular complexity index is 823. The largest absolute Gasteiger partial charge is 0.449 e. The Labute approximate surface area is 164 Å². The lowest BCUT2D eigenvalue weighted by Crippen LogP contribution is -2.38. The van der Waals surface area contributed by atoms with Gasteiger partial charge in [0, 0.05) is 18.2 Å². The van der Waals surface area contributed by atoms with Crippen LogP contribution in [0.5, 0.6) is 0 Å². The highest BCUT2D eigenvalue weighted by molar-refractivity contribution is 5.94. The zero-order chi connectivity index (χ0) is 20.5. The minimum Gasteiger partial charge on any atom is -0.449 e. The van der Waals surface area contributed by atoms with Gasteiger partial charge >= 0.3 is 12.0 Å². The van der Waals surface area contributed by atoms with Crippen molar-refractivity contribution in [2.75, 3.05) is 11.9 Å². The van der Waals surface area contributed by atoms with Gasteiger partial charge in [-0.15, -0.1) is 0 Å². The maximum absolute atomic E-state index is 12.3. The number of urea groups is 1. The van der Waals surface area contributed by atoms with Crippen molar-refractivity contribution < 1.29 is 19.1 Å². The summed E-state index contributed by atoms with van der Waals surface area (Å²) in [7, 11) is 0. The molecule has 2 rings (SSSR count). The fraction of sp³-hybridized carbons (Fsp3) is 0.286. The Balaban J connectivity index is 1.91. The third kappa shape index (κ3) is 6.12. The zero-order valence-electron chi connectivity index (χ0n) is 16.0. The zero-order valence-corrected chi connectivity index (χ0v) is 16.0. The first-order valence-corrected chi connectivity index (χ1v) is 9.10. The Hall–Kier alpha value is -3.35. The number of primary amides is 1. The topological polar surface area (TPSA) is 111 Å². The molecule has 2 aromatic rings. The Morgan fingerprint density at radius 3 is 2.43 bits per heavy atom. The predicted octanol–water partition coefficient (Wildman–Crippen LogP) is 3.03. The smallest absolute Gasteiger partial charge is 0.338 e. The molecule has 0 bridgehead atoms. The van der Waals surface area contributed by atoms with Crippen molar-refractivity contribution in [1.82, 2.24) is 5.32 Å². The third-order valence-corrected chi connectivity index (χ3v) is 4.31. The quantitative estimate of drug-likeness (QED) is 0.609. The van der Waals surface area contributed by atoms with Crippen molar-refractivity contribution in [1.29, 1.82) is 0 Å². The van der Waals surface area contributed by atoms with Crippen molar-refractivity contribution in [2.24, 2.45) is 5.73 Å². The van der Waals surface area contributed by atoms with Crippen LogP contribution in [0, 0.1) is 0 Å². The molecule has 7 heteroatoms. The lowest BCUT2D eigenvalue weighted by Gasteiger charge is -2.18. The Morgan fingerprint density at radius 1 is 1.07 bits per heavy atom. The van der Waals surface area contributed by atoms with Crippen LogP contribution in [0.3, 0.4) is 0 Å². The van der Waals surface area contributed by atoms with E-state index in [-0.39, 0.29) is 17.4 Å². The lowest BCUT2D eigenvalue weighted by atomic mass is 9.96. The van der Waals surface area contributed by atoms with E-state index in [0.29, 0.717) is 12.2 Å². The maximum Gasteiger partial charge on any atom is 0.338 e. The van der Waals surface area contributed by atoms with Gasteiger partial charge in [-0.3, -0.25) is 4.79 Å². The van der Waals surface area contributed by atoms with Crippen molar-refractivity contribution >= 4 is 23.6 Å². The molecule has 0 saturated carbocycles. The van der Waals surface area contributed by atoms with Crippen molar-refractivity contribution in [3.63, 3.8) is 0 Å². The molecule has 2 atom stereocenters. The molecule has 0 heterocycles. The first-order valence-electron chi connectivity index (χ1n) is 9.10. The highest BCUT2D eigenvalue weighted by Gasteiger charge is 2.20. The molecule has 4 N–H and O–H groups in total. The molecule has 0 spiro atoms. The van der Waals surface area contributed by atoms with E-state index in [0.717, 1.165) is 12.0 Å². The standard InChI is InChI=1S/C21H25N3O4/c1-3-15(16-8-5-4-6-9-16)13-23-19(25)14(2)28-20(26)17-10-7-11-18(12-17)24-21(22)27/h4-12,14-15H,3,13H2,1-2H3,(H,23,25)(H3,22,24,27)/t14-,15+/m0/s1. The van der Waals surface area contributed by atoms with E-state index in [1.54, 1.807) is 12.1 Å². The minimum atomic E-state index is -0.950. The van der Waals surface area contributed by atoms with Gasteiger partial charge in [0.1, 0.15) is 0 Å². The van der Waals surface area contributed by atoms with Gasteiger partial charge in [0.2, 0.25) is 0 Å². The highest BCUT2D eigenvalue weighted by Crippen LogP contribution is 2.18. The van der Waals surface area contributed by atoms with Gasteiger partial charge in [-0.05, 0) is 37.1 Å². The van der Waals surface area contributed by atoms with Gasteiger partial charge in [0.05, 0.1) is 5.56 Å². The van der Waals surface area contributed by atoms with Gasteiger partial charge in [-0.2, -0.15) is 0 Å². The molecule has 148 valence electrons. The van der Waals surface area contributed by atoms with Crippen molar-refractivity contribution in [3.8, 4) is 0 Å². The van der Waals surface area contributed by atoms with Crippen molar-refractivity contribution in [3.05, 3.63) is 65.7 Å². The monoisotopic (exact) mass is 383 g/mol. The average Bonchev–Trinajstić information content (AvgIpc) is 2.68. The molecule has 2 aromatic carbocycles. The van der Waals surface area contributed by atoms with Crippen LogP contribution in [-0.4, -0.2) is 30.6 Å². The summed E-state index contributed by atoms with van der Waals surface area (Å²) in [6.07, 6.45) is -0.0773. The summed E-state index contributed by atoms with van der Waals surface area (Å²) in [5.74, 6) is -0.843. The number of hydrogen-bond donors (Lipinski definition) is 3. The van der Waals surface area contributed by atoms with E-state index >= 15 is 0 Å². The molecule has 0 aliphatic rings. The van der Waals surface area contributed by atoms with Crippen LogP contribution in [0.15, 0.2) is 54.6 Å². The summed E-state index contributed by atoms with van der Waals surface area (Å²) >= 11 is 0.